The van der Waals surface area contributed by atoms with E-state index in [2.05, 4.69) is 5.32 Å². The van der Waals surface area contributed by atoms with Crippen LogP contribution >= 0.6 is 11.6 Å². The van der Waals surface area contributed by atoms with Crippen LogP contribution in [0.2, 0.25) is 5.02 Å². The van der Waals surface area contributed by atoms with Gasteiger partial charge in [-0.15, -0.1) is 0 Å². The van der Waals surface area contributed by atoms with E-state index in [1.807, 2.05) is 6.92 Å². The van der Waals surface area contributed by atoms with Gasteiger partial charge >= 0.3 is 5.97 Å². The number of esters is 1. The Morgan fingerprint density at radius 2 is 1.70 bits per heavy atom. The van der Waals surface area contributed by atoms with E-state index in [1.54, 1.807) is 24.3 Å². The third-order valence-electron chi connectivity index (χ3n) is 3.84. The number of amides is 1. The summed E-state index contributed by atoms with van der Waals surface area (Å²) in [5, 5.41) is 3.01. The van der Waals surface area contributed by atoms with Crippen LogP contribution in [-0.4, -0.2) is 32.7 Å². The van der Waals surface area contributed by atoms with Crippen molar-refractivity contribution >= 4 is 29.2 Å². The lowest BCUT2D eigenvalue weighted by Crippen LogP contribution is -2.17. The summed E-state index contributed by atoms with van der Waals surface area (Å²) >= 11 is 6.08. The zero-order chi connectivity index (χ0) is 19.8. The quantitative estimate of drug-likeness (QED) is 0.527. The average Bonchev–Trinajstić information content (AvgIpc) is 2.67. The van der Waals surface area contributed by atoms with E-state index in [-0.39, 0.29) is 11.3 Å². The summed E-state index contributed by atoms with van der Waals surface area (Å²) in [5.41, 5.74) is 0.711. The van der Waals surface area contributed by atoms with E-state index in [0.717, 1.165) is 12.8 Å². The molecule has 0 bridgehead atoms. The first-order valence-corrected chi connectivity index (χ1v) is 8.88. The maximum absolute atomic E-state index is 12.6. The highest BCUT2D eigenvalue weighted by molar-refractivity contribution is 6.34. The maximum Gasteiger partial charge on any atom is 0.340 e. The second-order valence-electron chi connectivity index (χ2n) is 5.68. The molecule has 2 aromatic rings. The topological polar surface area (TPSA) is 73.9 Å². The number of halogens is 1. The van der Waals surface area contributed by atoms with Crippen molar-refractivity contribution < 1.29 is 23.8 Å². The second-order valence-corrected chi connectivity index (χ2v) is 6.08. The molecular weight excluding hydrogens is 370 g/mol. The van der Waals surface area contributed by atoms with E-state index < -0.39 is 11.9 Å². The molecule has 0 saturated heterocycles. The van der Waals surface area contributed by atoms with Gasteiger partial charge in [0.1, 0.15) is 0 Å². The van der Waals surface area contributed by atoms with E-state index in [9.17, 15) is 9.59 Å². The average molecular weight is 392 g/mol. The van der Waals surface area contributed by atoms with Gasteiger partial charge in [-0.1, -0.05) is 37.1 Å². The summed E-state index contributed by atoms with van der Waals surface area (Å²) in [6.07, 6.45) is 1.65. The van der Waals surface area contributed by atoms with Crippen molar-refractivity contribution in [1.29, 1.82) is 0 Å². The van der Waals surface area contributed by atoms with Gasteiger partial charge < -0.3 is 19.5 Å². The SMILES string of the molecule is CCCCOC(=O)c1cc(OC)c(OC)cc1NC(=O)c1ccccc1Cl. The second kappa shape index (κ2) is 9.83. The lowest BCUT2D eigenvalue weighted by molar-refractivity contribution is 0.0500. The van der Waals surface area contributed by atoms with Crippen molar-refractivity contribution in [3.8, 4) is 11.5 Å². The van der Waals surface area contributed by atoms with Gasteiger partial charge in [-0.05, 0) is 18.6 Å². The highest BCUT2D eigenvalue weighted by Gasteiger charge is 2.21. The Kier molecular flexibility index (Phi) is 7.49. The van der Waals surface area contributed by atoms with Gasteiger partial charge in [0.05, 0.1) is 42.7 Å². The summed E-state index contributed by atoms with van der Waals surface area (Å²) in [5.74, 6) is -0.276. The molecule has 1 amide bonds. The minimum atomic E-state index is -0.557. The van der Waals surface area contributed by atoms with E-state index in [4.69, 9.17) is 25.8 Å². The largest absolute Gasteiger partial charge is 0.493 e. The summed E-state index contributed by atoms with van der Waals surface area (Å²) in [6.45, 7) is 2.29. The Morgan fingerprint density at radius 3 is 2.33 bits per heavy atom. The molecule has 27 heavy (non-hydrogen) atoms. The van der Waals surface area contributed by atoms with Crippen molar-refractivity contribution in [2.75, 3.05) is 26.1 Å². The minimum absolute atomic E-state index is 0.171. The number of benzene rings is 2. The predicted molar refractivity (Wildman–Crippen MR) is 104 cm³/mol. The summed E-state index contributed by atoms with van der Waals surface area (Å²) < 4.78 is 15.8. The minimum Gasteiger partial charge on any atom is -0.493 e. The molecule has 0 aliphatic rings. The highest BCUT2D eigenvalue weighted by Crippen LogP contribution is 2.34. The number of carbonyl (C=O) groups excluding carboxylic acids is 2. The highest BCUT2D eigenvalue weighted by atomic mass is 35.5. The molecular formula is C20H22ClNO5. The van der Waals surface area contributed by atoms with Gasteiger partial charge in [-0.25, -0.2) is 4.79 Å². The van der Waals surface area contributed by atoms with Gasteiger partial charge in [-0.2, -0.15) is 0 Å². The fourth-order valence-electron chi connectivity index (χ4n) is 2.37. The molecule has 0 aliphatic carbocycles. The molecule has 0 fully saturated rings. The molecule has 6 nitrogen and oxygen atoms in total. The van der Waals surface area contributed by atoms with E-state index >= 15 is 0 Å². The van der Waals surface area contributed by atoms with Gasteiger partial charge in [0.15, 0.2) is 11.5 Å². The molecule has 2 aromatic carbocycles. The molecule has 1 N–H and O–H groups in total. The van der Waals surface area contributed by atoms with Crippen molar-refractivity contribution in [2.45, 2.75) is 19.8 Å². The first kappa shape index (κ1) is 20.6. The number of nitrogens with one attached hydrogen (secondary N) is 1. The predicted octanol–water partition coefficient (Wildman–Crippen LogP) is 4.57. The number of hydrogen-bond acceptors (Lipinski definition) is 5. The third kappa shape index (κ3) is 5.14. The number of carbonyl (C=O) groups is 2. The number of hydrogen-bond donors (Lipinski definition) is 1. The van der Waals surface area contributed by atoms with Crippen molar-refractivity contribution in [3.63, 3.8) is 0 Å². The number of anilines is 1. The van der Waals surface area contributed by atoms with Crippen molar-refractivity contribution in [1.82, 2.24) is 0 Å². The molecule has 2 rings (SSSR count). The van der Waals surface area contributed by atoms with E-state index in [0.29, 0.717) is 28.7 Å². The van der Waals surface area contributed by atoms with Crippen molar-refractivity contribution in [2.24, 2.45) is 0 Å². The normalized spacial score (nSPS) is 10.2. The third-order valence-corrected chi connectivity index (χ3v) is 4.17. The van der Waals surface area contributed by atoms with Crippen molar-refractivity contribution in [3.05, 3.63) is 52.5 Å². The Bertz CT molecular complexity index is 822. The number of methoxy groups -OCH3 is 2. The van der Waals surface area contributed by atoms with Crippen LogP contribution in [0.5, 0.6) is 11.5 Å². The van der Waals surface area contributed by atoms with Gasteiger partial charge in [0.25, 0.3) is 5.91 Å². The van der Waals surface area contributed by atoms with Gasteiger partial charge in [0, 0.05) is 12.1 Å². The van der Waals surface area contributed by atoms with Gasteiger partial charge in [0.2, 0.25) is 0 Å². The molecule has 0 heterocycles. The lowest BCUT2D eigenvalue weighted by atomic mass is 10.1. The number of ether oxygens (including phenoxy) is 3. The van der Waals surface area contributed by atoms with Crippen LogP contribution in [0.3, 0.4) is 0 Å². The summed E-state index contributed by atoms with van der Waals surface area (Å²) in [4.78, 5) is 25.1. The Hall–Kier alpha value is -2.73. The molecule has 0 unspecified atom stereocenters. The van der Waals surface area contributed by atoms with Crippen LogP contribution in [0.25, 0.3) is 0 Å². The monoisotopic (exact) mass is 391 g/mol. The smallest absolute Gasteiger partial charge is 0.340 e. The molecule has 7 heteroatoms. The molecule has 0 radical (unpaired) electrons. The maximum atomic E-state index is 12.6. The zero-order valence-corrected chi connectivity index (χ0v) is 16.3. The van der Waals surface area contributed by atoms with Crippen LogP contribution < -0.4 is 14.8 Å². The van der Waals surface area contributed by atoms with Crippen LogP contribution in [0.15, 0.2) is 36.4 Å². The summed E-state index contributed by atoms with van der Waals surface area (Å²) in [7, 11) is 2.93. The molecule has 0 spiro atoms. The van der Waals surface area contributed by atoms with Crippen LogP contribution in [0.1, 0.15) is 40.5 Å². The molecule has 0 atom stereocenters. The first-order valence-electron chi connectivity index (χ1n) is 8.50. The standard InChI is InChI=1S/C20H22ClNO5/c1-4-5-10-27-20(24)14-11-17(25-2)18(26-3)12-16(14)22-19(23)13-8-6-7-9-15(13)21/h6-9,11-12H,4-5,10H2,1-3H3,(H,22,23). The Morgan fingerprint density at radius 1 is 1.04 bits per heavy atom. The number of unbranched alkanes of at least 4 members (excludes halogenated alkanes) is 1. The van der Waals surface area contributed by atoms with Gasteiger partial charge in [-0.3, -0.25) is 4.79 Å². The lowest BCUT2D eigenvalue weighted by Gasteiger charge is -2.15. The van der Waals surface area contributed by atoms with Crippen LogP contribution in [0.4, 0.5) is 5.69 Å². The molecule has 0 aliphatic heterocycles. The zero-order valence-electron chi connectivity index (χ0n) is 15.5. The Balaban J connectivity index is 2.38. The summed E-state index contributed by atoms with van der Waals surface area (Å²) in [6, 6.07) is 9.64. The first-order chi connectivity index (χ1) is 13.0. The van der Waals surface area contributed by atoms with Crippen LogP contribution in [-0.2, 0) is 4.74 Å². The molecule has 144 valence electrons. The molecule has 0 aromatic heterocycles. The fourth-order valence-corrected chi connectivity index (χ4v) is 2.59. The fraction of sp³-hybridized carbons (Fsp3) is 0.300. The Labute approximate surface area is 163 Å². The number of rotatable bonds is 8. The van der Waals surface area contributed by atoms with E-state index in [1.165, 1.54) is 26.4 Å². The van der Waals surface area contributed by atoms with Crippen LogP contribution in [0, 0.1) is 0 Å². The molecule has 0 saturated carbocycles.